The first kappa shape index (κ1) is 15.3. The lowest BCUT2D eigenvalue weighted by atomic mass is 9.82. The molecule has 2 saturated heterocycles. The minimum absolute atomic E-state index is 0.0487. The maximum Gasteiger partial charge on any atom is 0.311 e. The summed E-state index contributed by atoms with van der Waals surface area (Å²) in [6.45, 7) is 4.84. The average Bonchev–Trinajstić information content (AvgIpc) is 2.41. The molecule has 2 rings (SSSR count). The Morgan fingerprint density at radius 3 is 2.55 bits per heavy atom. The van der Waals surface area contributed by atoms with Crippen molar-refractivity contribution < 1.29 is 14.7 Å². The van der Waals surface area contributed by atoms with E-state index in [-0.39, 0.29) is 11.9 Å². The summed E-state index contributed by atoms with van der Waals surface area (Å²) in [4.78, 5) is 27.5. The third-order valence-electron chi connectivity index (χ3n) is 4.56. The molecule has 1 atom stereocenters. The molecule has 0 spiro atoms. The number of carboxylic acids is 1. The van der Waals surface area contributed by atoms with E-state index in [2.05, 4.69) is 4.90 Å². The molecule has 1 amide bonds. The number of amides is 1. The van der Waals surface area contributed by atoms with Crippen LogP contribution in [0, 0.1) is 5.41 Å². The molecule has 20 heavy (non-hydrogen) atoms. The van der Waals surface area contributed by atoms with Gasteiger partial charge in [-0.05, 0) is 32.6 Å². The zero-order valence-electron chi connectivity index (χ0n) is 12.2. The van der Waals surface area contributed by atoms with Crippen LogP contribution in [0.4, 0.5) is 0 Å². The van der Waals surface area contributed by atoms with Crippen LogP contribution in [0.5, 0.6) is 0 Å². The lowest BCUT2D eigenvalue weighted by Gasteiger charge is -2.39. The van der Waals surface area contributed by atoms with Crippen LogP contribution in [-0.4, -0.2) is 65.5 Å². The summed E-state index contributed by atoms with van der Waals surface area (Å²) in [5.41, 5.74) is 5.06. The molecule has 2 heterocycles. The van der Waals surface area contributed by atoms with Crippen LogP contribution in [0.15, 0.2) is 0 Å². The van der Waals surface area contributed by atoms with Gasteiger partial charge < -0.3 is 15.7 Å². The van der Waals surface area contributed by atoms with Crippen molar-refractivity contribution >= 4 is 11.9 Å². The molecule has 6 heteroatoms. The molecule has 0 aromatic rings. The number of aliphatic carboxylic acids is 1. The number of carbonyl (C=O) groups is 2. The Labute approximate surface area is 119 Å². The van der Waals surface area contributed by atoms with Gasteiger partial charge in [0.05, 0.1) is 12.0 Å². The summed E-state index contributed by atoms with van der Waals surface area (Å²) in [6.07, 6.45) is 3.27. The molecule has 2 fully saturated rings. The number of nitrogens with two attached hydrogens (primary N) is 1. The molecule has 0 aliphatic carbocycles. The smallest absolute Gasteiger partial charge is 0.311 e. The second kappa shape index (κ2) is 6.10. The Morgan fingerprint density at radius 1 is 1.30 bits per heavy atom. The minimum atomic E-state index is -0.807. The molecule has 0 radical (unpaired) electrons. The minimum Gasteiger partial charge on any atom is -0.481 e. The standard InChI is InChI=1S/C14H25N3O3/c1-14(13(19)20)5-2-6-17(10-14)12(18)9-16-7-3-11(15)4-8-16/h11H,2-10,15H2,1H3,(H,19,20). The Hall–Kier alpha value is -1.14. The van der Waals surface area contributed by atoms with E-state index >= 15 is 0 Å². The Balaban J connectivity index is 1.87. The number of rotatable bonds is 3. The number of hydrogen-bond acceptors (Lipinski definition) is 4. The van der Waals surface area contributed by atoms with E-state index in [0.717, 1.165) is 32.4 Å². The second-order valence-corrected chi connectivity index (χ2v) is 6.40. The molecule has 0 saturated carbocycles. The monoisotopic (exact) mass is 283 g/mol. The second-order valence-electron chi connectivity index (χ2n) is 6.40. The normalized spacial score (nSPS) is 29.4. The number of hydrogen-bond donors (Lipinski definition) is 2. The van der Waals surface area contributed by atoms with Crippen LogP contribution in [-0.2, 0) is 9.59 Å². The number of carbonyl (C=O) groups excluding carboxylic acids is 1. The third-order valence-corrected chi connectivity index (χ3v) is 4.56. The lowest BCUT2D eigenvalue weighted by Crippen LogP contribution is -2.52. The third kappa shape index (κ3) is 3.49. The first-order valence-corrected chi connectivity index (χ1v) is 7.40. The van der Waals surface area contributed by atoms with Gasteiger partial charge in [-0.25, -0.2) is 0 Å². The van der Waals surface area contributed by atoms with E-state index in [1.54, 1.807) is 11.8 Å². The zero-order chi connectivity index (χ0) is 14.8. The van der Waals surface area contributed by atoms with Crippen LogP contribution in [0.25, 0.3) is 0 Å². The van der Waals surface area contributed by atoms with Crippen molar-refractivity contribution in [3.05, 3.63) is 0 Å². The van der Waals surface area contributed by atoms with Gasteiger partial charge in [-0.15, -0.1) is 0 Å². The first-order chi connectivity index (χ1) is 9.40. The summed E-state index contributed by atoms with van der Waals surface area (Å²) >= 11 is 0. The summed E-state index contributed by atoms with van der Waals surface area (Å²) in [5.74, 6) is -0.758. The van der Waals surface area contributed by atoms with Gasteiger partial charge in [-0.1, -0.05) is 0 Å². The largest absolute Gasteiger partial charge is 0.481 e. The molecular weight excluding hydrogens is 258 g/mol. The molecule has 1 unspecified atom stereocenters. The van der Waals surface area contributed by atoms with Gasteiger partial charge in [0.15, 0.2) is 0 Å². The Bertz CT molecular complexity index is 380. The highest BCUT2D eigenvalue weighted by atomic mass is 16.4. The fraction of sp³-hybridized carbons (Fsp3) is 0.857. The van der Waals surface area contributed by atoms with E-state index in [0.29, 0.717) is 26.1 Å². The molecule has 0 aromatic carbocycles. The van der Waals surface area contributed by atoms with Gasteiger partial charge in [0.1, 0.15) is 0 Å². The highest BCUT2D eigenvalue weighted by Gasteiger charge is 2.39. The fourth-order valence-electron chi connectivity index (χ4n) is 3.03. The van der Waals surface area contributed by atoms with Gasteiger partial charge in [0.25, 0.3) is 0 Å². The quantitative estimate of drug-likeness (QED) is 0.768. The van der Waals surface area contributed by atoms with Crippen molar-refractivity contribution in [3.63, 3.8) is 0 Å². The maximum atomic E-state index is 12.3. The number of likely N-dealkylation sites (tertiary alicyclic amines) is 2. The van der Waals surface area contributed by atoms with E-state index in [9.17, 15) is 14.7 Å². The lowest BCUT2D eigenvalue weighted by molar-refractivity contribution is -0.153. The van der Waals surface area contributed by atoms with Gasteiger partial charge >= 0.3 is 5.97 Å². The van der Waals surface area contributed by atoms with E-state index in [1.165, 1.54) is 0 Å². The highest BCUT2D eigenvalue weighted by molar-refractivity contribution is 5.80. The topological polar surface area (TPSA) is 86.9 Å². The summed E-state index contributed by atoms with van der Waals surface area (Å²) in [5, 5.41) is 9.29. The van der Waals surface area contributed by atoms with Crippen molar-refractivity contribution in [2.24, 2.45) is 11.1 Å². The fourth-order valence-corrected chi connectivity index (χ4v) is 3.03. The zero-order valence-corrected chi connectivity index (χ0v) is 12.2. The Morgan fingerprint density at radius 2 is 1.95 bits per heavy atom. The van der Waals surface area contributed by atoms with E-state index < -0.39 is 11.4 Å². The molecule has 6 nitrogen and oxygen atoms in total. The summed E-state index contributed by atoms with van der Waals surface area (Å²) in [7, 11) is 0. The van der Waals surface area contributed by atoms with Crippen LogP contribution >= 0.6 is 0 Å². The summed E-state index contributed by atoms with van der Waals surface area (Å²) in [6, 6.07) is 0.256. The first-order valence-electron chi connectivity index (χ1n) is 7.40. The van der Waals surface area contributed by atoms with Crippen molar-refractivity contribution in [2.45, 2.75) is 38.6 Å². The molecule has 0 aromatic heterocycles. The van der Waals surface area contributed by atoms with Crippen LogP contribution in [0.1, 0.15) is 32.6 Å². The van der Waals surface area contributed by atoms with Crippen molar-refractivity contribution in [3.8, 4) is 0 Å². The van der Waals surface area contributed by atoms with E-state index in [4.69, 9.17) is 5.73 Å². The number of carboxylic acid groups (broad SMARTS) is 1. The van der Waals surface area contributed by atoms with Crippen molar-refractivity contribution in [2.75, 3.05) is 32.7 Å². The van der Waals surface area contributed by atoms with Gasteiger partial charge in [0, 0.05) is 32.2 Å². The summed E-state index contributed by atoms with van der Waals surface area (Å²) < 4.78 is 0. The predicted octanol–water partition coefficient (Wildman–Crippen LogP) is 0.123. The molecule has 0 bridgehead atoms. The molecule has 2 aliphatic rings. The number of piperidine rings is 2. The van der Waals surface area contributed by atoms with Gasteiger partial charge in [0.2, 0.25) is 5.91 Å². The van der Waals surface area contributed by atoms with Crippen LogP contribution in [0.2, 0.25) is 0 Å². The Kier molecular flexibility index (Phi) is 4.65. The van der Waals surface area contributed by atoms with Crippen LogP contribution < -0.4 is 5.73 Å². The highest BCUT2D eigenvalue weighted by Crippen LogP contribution is 2.29. The van der Waals surface area contributed by atoms with Crippen molar-refractivity contribution in [1.82, 2.24) is 9.80 Å². The number of nitrogens with zero attached hydrogens (tertiary/aromatic N) is 2. The van der Waals surface area contributed by atoms with E-state index in [1.807, 2.05) is 0 Å². The maximum absolute atomic E-state index is 12.3. The van der Waals surface area contributed by atoms with Gasteiger partial charge in [-0.3, -0.25) is 14.5 Å². The predicted molar refractivity (Wildman–Crippen MR) is 75.2 cm³/mol. The molecule has 3 N–H and O–H groups in total. The molecular formula is C14H25N3O3. The van der Waals surface area contributed by atoms with Crippen molar-refractivity contribution in [1.29, 1.82) is 0 Å². The SMILES string of the molecule is CC1(C(=O)O)CCCN(C(=O)CN2CCC(N)CC2)C1. The van der Waals surface area contributed by atoms with Gasteiger partial charge in [-0.2, -0.15) is 0 Å². The molecule has 2 aliphatic heterocycles. The average molecular weight is 283 g/mol. The molecule has 114 valence electrons. The van der Waals surface area contributed by atoms with Crippen LogP contribution in [0.3, 0.4) is 0 Å².